The van der Waals surface area contributed by atoms with Crippen molar-refractivity contribution >= 4 is 23.4 Å². The summed E-state index contributed by atoms with van der Waals surface area (Å²) in [7, 11) is 0. The minimum Gasteiger partial charge on any atom is -0.390 e. The number of hydrogen-bond acceptors (Lipinski definition) is 6. The topological polar surface area (TPSA) is 93.2 Å². The smallest absolute Gasteiger partial charge is 0.255 e. The second kappa shape index (κ2) is 8.27. The molecule has 6 aliphatic rings. The number of nitrogens with zero attached hydrogens (tertiary/aromatic N) is 3. The van der Waals surface area contributed by atoms with Crippen molar-refractivity contribution in [2.75, 3.05) is 37.6 Å². The Morgan fingerprint density at radius 1 is 1.00 bits per heavy atom. The molecule has 35 heavy (non-hydrogen) atoms. The highest BCUT2D eigenvalue weighted by molar-refractivity contribution is 6.05. The zero-order chi connectivity index (χ0) is 24.4. The molecule has 3 saturated carbocycles. The number of piperidine rings is 1. The van der Waals surface area contributed by atoms with Gasteiger partial charge in [0.05, 0.1) is 11.3 Å². The molecule has 1 atom stereocenters. The van der Waals surface area contributed by atoms with Crippen LogP contribution in [0.25, 0.3) is 0 Å². The fourth-order valence-corrected chi connectivity index (χ4v) is 6.92. The minimum absolute atomic E-state index is 0.197. The van der Waals surface area contributed by atoms with Crippen LogP contribution in [0.3, 0.4) is 0 Å². The van der Waals surface area contributed by atoms with Crippen LogP contribution in [0.2, 0.25) is 0 Å². The van der Waals surface area contributed by atoms with Crippen molar-refractivity contribution in [3.05, 3.63) is 29.1 Å². The van der Waals surface area contributed by atoms with E-state index in [0.29, 0.717) is 23.1 Å². The van der Waals surface area contributed by atoms with Crippen LogP contribution in [0.15, 0.2) is 12.1 Å². The van der Waals surface area contributed by atoms with Crippen molar-refractivity contribution in [2.45, 2.75) is 69.6 Å². The van der Waals surface area contributed by atoms with Gasteiger partial charge in [-0.05, 0) is 68.1 Å². The van der Waals surface area contributed by atoms with Crippen molar-refractivity contribution in [3.8, 4) is 0 Å². The van der Waals surface area contributed by atoms with Crippen LogP contribution in [0.1, 0.15) is 67.3 Å². The number of amides is 3. The first-order valence-electron chi connectivity index (χ1n) is 12.9. The van der Waals surface area contributed by atoms with Crippen molar-refractivity contribution in [3.63, 3.8) is 0 Å². The summed E-state index contributed by atoms with van der Waals surface area (Å²) in [6, 6.07) is 2.39. The second-order valence-electron chi connectivity index (χ2n) is 11.3. The summed E-state index contributed by atoms with van der Waals surface area (Å²) in [6.07, 6.45) is 6.54. The molecule has 2 saturated heterocycles. The number of anilines is 1. The lowest BCUT2D eigenvalue weighted by molar-refractivity contribution is -0.136. The Hall–Kier alpha value is -2.52. The highest BCUT2D eigenvalue weighted by atomic mass is 19.1. The van der Waals surface area contributed by atoms with E-state index in [0.717, 1.165) is 76.8 Å². The Balaban J connectivity index is 1.11. The van der Waals surface area contributed by atoms with Gasteiger partial charge in [-0.3, -0.25) is 24.6 Å². The third-order valence-corrected chi connectivity index (χ3v) is 9.22. The maximum Gasteiger partial charge on any atom is 0.255 e. The third kappa shape index (κ3) is 4.02. The van der Waals surface area contributed by atoms with Crippen LogP contribution < -0.4 is 10.2 Å². The molecule has 1 aromatic rings. The number of nitrogens with one attached hydrogen (secondary N) is 1. The third-order valence-electron chi connectivity index (χ3n) is 9.22. The van der Waals surface area contributed by atoms with Gasteiger partial charge in [0.2, 0.25) is 11.8 Å². The van der Waals surface area contributed by atoms with E-state index >= 15 is 4.39 Å². The van der Waals surface area contributed by atoms with Crippen molar-refractivity contribution < 1.29 is 23.9 Å². The lowest BCUT2D eigenvalue weighted by Gasteiger charge is -2.53. The first kappa shape index (κ1) is 22.9. The number of piperazine rings is 1. The molecule has 2 N–H and O–H groups in total. The lowest BCUT2D eigenvalue weighted by Crippen LogP contribution is -2.54. The van der Waals surface area contributed by atoms with Gasteiger partial charge >= 0.3 is 0 Å². The molecule has 0 spiro atoms. The molecule has 0 aromatic heterocycles. The first-order chi connectivity index (χ1) is 16.7. The Kier molecular flexibility index (Phi) is 5.41. The van der Waals surface area contributed by atoms with Crippen molar-refractivity contribution in [1.82, 2.24) is 15.1 Å². The molecule has 3 heterocycles. The van der Waals surface area contributed by atoms with Gasteiger partial charge in [-0.1, -0.05) is 0 Å². The number of imide groups is 1. The molecule has 0 radical (unpaired) electrons. The van der Waals surface area contributed by atoms with E-state index in [4.69, 9.17) is 0 Å². The summed E-state index contributed by atoms with van der Waals surface area (Å²) in [5.41, 5.74) is 1.46. The quantitative estimate of drug-likeness (QED) is 0.633. The predicted molar refractivity (Wildman–Crippen MR) is 126 cm³/mol. The minimum atomic E-state index is -0.697. The van der Waals surface area contributed by atoms with Crippen LogP contribution in [0.5, 0.6) is 0 Å². The monoisotopic (exact) mass is 484 g/mol. The fraction of sp³-hybridized carbons (Fsp3) is 0.654. The zero-order valence-corrected chi connectivity index (χ0v) is 20.0. The maximum atomic E-state index is 15.2. The first-order valence-corrected chi connectivity index (χ1v) is 12.9. The molecule has 7 rings (SSSR count). The number of halogens is 1. The zero-order valence-electron chi connectivity index (χ0n) is 20.0. The van der Waals surface area contributed by atoms with E-state index in [9.17, 15) is 19.5 Å². The maximum absolute atomic E-state index is 15.2. The Labute approximate surface area is 204 Å². The Morgan fingerprint density at radius 3 is 2.34 bits per heavy atom. The van der Waals surface area contributed by atoms with Gasteiger partial charge in [0.1, 0.15) is 11.9 Å². The molecule has 188 valence electrons. The molecular weight excluding hydrogens is 451 g/mol. The van der Waals surface area contributed by atoms with E-state index in [1.54, 1.807) is 6.07 Å². The molecule has 3 aliphatic heterocycles. The Bertz CT molecular complexity index is 1060. The van der Waals surface area contributed by atoms with E-state index in [-0.39, 0.29) is 24.8 Å². The fourth-order valence-electron chi connectivity index (χ4n) is 6.92. The molecule has 3 aliphatic carbocycles. The second-order valence-corrected chi connectivity index (χ2v) is 11.3. The molecular formula is C26H33FN4O4. The van der Waals surface area contributed by atoms with E-state index < -0.39 is 23.4 Å². The lowest BCUT2D eigenvalue weighted by atomic mass is 9.58. The van der Waals surface area contributed by atoms with E-state index in [1.165, 1.54) is 11.0 Å². The number of carbonyl (C=O) groups is 3. The van der Waals surface area contributed by atoms with Gasteiger partial charge in [0, 0.05) is 51.3 Å². The van der Waals surface area contributed by atoms with Gasteiger partial charge in [-0.25, -0.2) is 4.39 Å². The van der Waals surface area contributed by atoms with Gasteiger partial charge < -0.3 is 14.9 Å². The molecule has 2 bridgehead atoms. The van der Waals surface area contributed by atoms with Gasteiger partial charge in [0.25, 0.3) is 5.91 Å². The van der Waals surface area contributed by atoms with Crippen LogP contribution in [-0.2, 0) is 16.1 Å². The molecule has 1 aromatic carbocycles. The van der Waals surface area contributed by atoms with Gasteiger partial charge in [0.15, 0.2) is 0 Å². The number of carbonyl (C=O) groups excluding carboxylic acids is 3. The van der Waals surface area contributed by atoms with Crippen LogP contribution in [0.4, 0.5) is 10.1 Å². The molecule has 5 fully saturated rings. The summed E-state index contributed by atoms with van der Waals surface area (Å²) in [6.45, 7) is 4.48. The number of rotatable bonds is 4. The summed E-state index contributed by atoms with van der Waals surface area (Å²) in [5, 5.41) is 12.8. The normalized spacial score (nSPS) is 33.3. The number of fused-ring (bicyclic) bond motifs is 4. The molecule has 9 heteroatoms. The van der Waals surface area contributed by atoms with Crippen molar-refractivity contribution in [1.29, 1.82) is 0 Å². The van der Waals surface area contributed by atoms with Gasteiger partial charge in [-0.2, -0.15) is 0 Å². The summed E-state index contributed by atoms with van der Waals surface area (Å²) in [5.74, 6) is -1.54. The summed E-state index contributed by atoms with van der Waals surface area (Å²) >= 11 is 0. The average Bonchev–Trinajstić information content (AvgIpc) is 3.15. The Morgan fingerprint density at radius 2 is 1.69 bits per heavy atom. The predicted octanol–water partition coefficient (Wildman–Crippen LogP) is 1.79. The number of hydrogen-bond donors (Lipinski definition) is 2. The molecule has 8 nitrogen and oxygen atoms in total. The molecule has 1 unspecified atom stereocenters. The summed E-state index contributed by atoms with van der Waals surface area (Å²) in [4.78, 5) is 42.7. The summed E-state index contributed by atoms with van der Waals surface area (Å²) < 4.78 is 15.2. The van der Waals surface area contributed by atoms with Crippen molar-refractivity contribution in [2.24, 2.45) is 5.41 Å². The highest BCUT2D eigenvalue weighted by Gasteiger charge is 2.48. The highest BCUT2D eigenvalue weighted by Crippen LogP contribution is 2.52. The van der Waals surface area contributed by atoms with Crippen LogP contribution >= 0.6 is 0 Å². The van der Waals surface area contributed by atoms with E-state index in [2.05, 4.69) is 15.1 Å². The standard InChI is InChI=1S/C26H33FN4O4/c27-19-14-18-17(15-31(24(18)34)20-1-2-22(32)28-23(20)33)13-21(19)30-11-9-29(10-12-30)16-25-3-6-26(35,7-4-25)8-5-25/h13-14,20,35H,1-12,15-16H2,(H,28,32,33). The number of benzene rings is 1. The largest absolute Gasteiger partial charge is 0.390 e. The average molecular weight is 485 g/mol. The van der Waals surface area contributed by atoms with E-state index in [1.807, 2.05) is 0 Å². The molecule has 3 amide bonds. The number of aliphatic hydroxyl groups is 1. The SMILES string of the molecule is O=C1CCC(N2Cc3cc(N4CCN(CC56CCC(O)(CC5)CC6)CC4)c(F)cc3C2=O)C(=O)N1. The van der Waals surface area contributed by atoms with Gasteiger partial charge in [-0.15, -0.1) is 0 Å². The van der Waals surface area contributed by atoms with Crippen LogP contribution in [0, 0.1) is 11.2 Å². The van der Waals surface area contributed by atoms with Crippen LogP contribution in [-0.4, -0.2) is 77.0 Å².